The molecule has 0 aliphatic rings. The van der Waals surface area contributed by atoms with Gasteiger partial charge in [-0.2, -0.15) is 0 Å². The number of furan rings is 1. The largest absolute Gasteiger partial charge is 0.456 e. The van der Waals surface area contributed by atoms with Crippen LogP contribution in [0.4, 0.5) is 17.1 Å². The third kappa shape index (κ3) is 6.89. The number of hydrogen-bond donors (Lipinski definition) is 0. The highest BCUT2D eigenvalue weighted by Crippen LogP contribution is 2.45. The van der Waals surface area contributed by atoms with Crippen molar-refractivity contribution in [2.45, 2.75) is 0 Å². The Labute approximate surface area is 411 Å². The Bertz CT molecular complexity index is 4290. The Morgan fingerprint density at radius 3 is 1.59 bits per heavy atom. The topological polar surface area (TPSA) is 21.3 Å². The average Bonchev–Trinajstić information content (AvgIpc) is 3.99. The van der Waals surface area contributed by atoms with E-state index in [9.17, 15) is 0 Å². The zero-order chi connectivity index (χ0) is 46.8. The maximum atomic E-state index is 6.44. The van der Waals surface area contributed by atoms with Crippen molar-refractivity contribution in [1.82, 2.24) is 4.57 Å². The van der Waals surface area contributed by atoms with E-state index in [1.807, 2.05) is 12.1 Å². The Hall–Kier alpha value is -9.44. The van der Waals surface area contributed by atoms with Crippen LogP contribution >= 0.6 is 0 Å². The van der Waals surface area contributed by atoms with Crippen LogP contribution in [0.15, 0.2) is 271 Å². The van der Waals surface area contributed by atoms with E-state index < -0.39 is 0 Å². The highest BCUT2D eigenvalue weighted by molar-refractivity contribution is 6.14. The van der Waals surface area contributed by atoms with Gasteiger partial charge in [0.1, 0.15) is 11.2 Å². The SMILES string of the molecule is c1cc(-c2ccc(N(c3cccc(-c4cc5ccccc5c5ccccc45)c3)c3ccccc3-c3ccc4c(c3)oc3ccccc34)cc2)cc(-c2ccc(-n3c4ccccc4c4ccccc43)cc2)c1. The van der Waals surface area contributed by atoms with Gasteiger partial charge in [0.25, 0.3) is 0 Å². The van der Waals surface area contributed by atoms with Crippen molar-refractivity contribution in [3.8, 4) is 50.2 Å². The highest BCUT2D eigenvalue weighted by Gasteiger charge is 2.20. The molecule has 0 aliphatic heterocycles. The molecule has 14 rings (SSSR count). The second-order valence-corrected chi connectivity index (χ2v) is 18.4. The molecule has 0 unspecified atom stereocenters. The number of fused-ring (bicyclic) bond motifs is 9. The van der Waals surface area contributed by atoms with Crippen LogP contribution in [0.5, 0.6) is 0 Å². The van der Waals surface area contributed by atoms with Crippen molar-refractivity contribution in [3.63, 3.8) is 0 Å². The summed E-state index contributed by atoms with van der Waals surface area (Å²) in [6.45, 7) is 0. The average molecular weight is 905 g/mol. The van der Waals surface area contributed by atoms with Crippen LogP contribution in [0.25, 0.3) is 115 Å². The lowest BCUT2D eigenvalue weighted by Gasteiger charge is -2.28. The first kappa shape index (κ1) is 40.6. The summed E-state index contributed by atoms with van der Waals surface area (Å²) in [5, 5.41) is 9.76. The molecule has 0 amide bonds. The minimum absolute atomic E-state index is 0.876. The summed E-state index contributed by atoms with van der Waals surface area (Å²) < 4.78 is 8.81. The van der Waals surface area contributed by atoms with Crippen LogP contribution in [-0.4, -0.2) is 4.57 Å². The zero-order valence-corrected chi connectivity index (χ0v) is 38.7. The number of benzene rings is 12. The van der Waals surface area contributed by atoms with E-state index in [0.29, 0.717) is 0 Å². The number of para-hydroxylation sites is 4. The molecule has 0 saturated carbocycles. The molecule has 332 valence electrons. The van der Waals surface area contributed by atoms with Gasteiger partial charge in [0.05, 0.1) is 16.7 Å². The third-order valence-corrected chi connectivity index (χ3v) is 14.4. The monoisotopic (exact) mass is 904 g/mol. The summed E-state index contributed by atoms with van der Waals surface area (Å²) in [6, 6.07) is 96.8. The summed E-state index contributed by atoms with van der Waals surface area (Å²) >= 11 is 0. The van der Waals surface area contributed by atoms with Crippen LogP contribution in [0, 0.1) is 0 Å². The second-order valence-electron chi connectivity index (χ2n) is 18.4. The van der Waals surface area contributed by atoms with Crippen molar-refractivity contribution >= 4 is 82.4 Å². The molecular weight excluding hydrogens is 861 g/mol. The highest BCUT2D eigenvalue weighted by atomic mass is 16.3. The Kier molecular flexibility index (Phi) is 9.53. The van der Waals surface area contributed by atoms with Crippen molar-refractivity contribution < 1.29 is 4.42 Å². The van der Waals surface area contributed by atoms with Gasteiger partial charge in [-0.1, -0.05) is 182 Å². The first-order valence-corrected chi connectivity index (χ1v) is 24.3. The molecule has 0 saturated heterocycles. The molecule has 0 atom stereocenters. The fourth-order valence-electron chi connectivity index (χ4n) is 11.0. The first-order chi connectivity index (χ1) is 35.2. The number of hydrogen-bond acceptors (Lipinski definition) is 2. The van der Waals surface area contributed by atoms with Gasteiger partial charge < -0.3 is 13.9 Å². The third-order valence-electron chi connectivity index (χ3n) is 14.4. The van der Waals surface area contributed by atoms with Crippen LogP contribution in [-0.2, 0) is 0 Å². The van der Waals surface area contributed by atoms with E-state index in [0.717, 1.165) is 72.5 Å². The summed E-state index contributed by atoms with van der Waals surface area (Å²) in [5.74, 6) is 0. The van der Waals surface area contributed by atoms with Crippen molar-refractivity contribution in [2.75, 3.05) is 4.90 Å². The van der Waals surface area contributed by atoms with Gasteiger partial charge in [-0.25, -0.2) is 0 Å². The molecule has 12 aromatic carbocycles. The van der Waals surface area contributed by atoms with Gasteiger partial charge in [0.15, 0.2) is 0 Å². The fourth-order valence-corrected chi connectivity index (χ4v) is 11.0. The predicted molar refractivity (Wildman–Crippen MR) is 299 cm³/mol. The number of rotatable bonds is 8. The van der Waals surface area contributed by atoms with Crippen molar-refractivity contribution in [1.29, 1.82) is 0 Å². The summed E-state index contributed by atoms with van der Waals surface area (Å²) in [4.78, 5) is 2.41. The lowest BCUT2D eigenvalue weighted by molar-refractivity contribution is 0.669. The van der Waals surface area contributed by atoms with Gasteiger partial charge in [0, 0.05) is 44.2 Å². The Morgan fingerprint density at radius 1 is 0.282 bits per heavy atom. The number of nitrogens with zero attached hydrogens (tertiary/aromatic N) is 2. The van der Waals surface area contributed by atoms with Crippen molar-refractivity contribution in [2.24, 2.45) is 0 Å². The molecule has 0 fully saturated rings. The summed E-state index contributed by atoms with van der Waals surface area (Å²) in [5.41, 5.74) is 17.8. The van der Waals surface area contributed by atoms with E-state index in [4.69, 9.17) is 4.42 Å². The second kappa shape index (κ2) is 16.7. The molecular formula is C68H44N2O. The lowest BCUT2D eigenvalue weighted by Crippen LogP contribution is -2.11. The van der Waals surface area contributed by atoms with E-state index in [2.05, 4.69) is 264 Å². The van der Waals surface area contributed by atoms with Crippen LogP contribution in [0.1, 0.15) is 0 Å². The lowest BCUT2D eigenvalue weighted by atomic mass is 9.93. The molecule has 3 heteroatoms. The predicted octanol–water partition coefficient (Wildman–Crippen LogP) is 19.1. The number of anilines is 3. The summed E-state index contributed by atoms with van der Waals surface area (Å²) in [6.07, 6.45) is 0. The van der Waals surface area contributed by atoms with Gasteiger partial charge in [-0.3, -0.25) is 0 Å². The standard InChI is InChI=1S/C68H44N2O/c1-2-20-55-50(15-1)43-63(58-23-4-3-22-57(55)58)49-18-14-19-54(42-49)69(64-27-9-5-21-56(64)51-35-40-62-61-26-8-12-30-67(61)71-68(62)44-51)52-36-31-45(32-37-52)47-16-13-17-48(41-47)46-33-38-53(39-34-46)70-65-28-10-6-24-59(65)60-25-7-11-29-66(60)70/h1-44H. The quantitative estimate of drug-likeness (QED) is 0.142. The minimum atomic E-state index is 0.876. The molecule has 0 bridgehead atoms. The normalized spacial score (nSPS) is 11.7. The molecule has 2 heterocycles. The van der Waals surface area contributed by atoms with E-state index in [1.54, 1.807) is 0 Å². The first-order valence-electron chi connectivity index (χ1n) is 24.3. The Balaban J connectivity index is 0.861. The Morgan fingerprint density at radius 2 is 0.831 bits per heavy atom. The molecule has 71 heavy (non-hydrogen) atoms. The molecule has 2 aromatic heterocycles. The molecule has 0 N–H and O–H groups in total. The molecule has 3 nitrogen and oxygen atoms in total. The zero-order valence-electron chi connectivity index (χ0n) is 38.7. The van der Waals surface area contributed by atoms with Crippen molar-refractivity contribution in [3.05, 3.63) is 267 Å². The van der Waals surface area contributed by atoms with E-state index in [1.165, 1.54) is 60.0 Å². The maximum absolute atomic E-state index is 6.44. The van der Waals surface area contributed by atoms with Gasteiger partial charge in [-0.05, 0) is 145 Å². The minimum Gasteiger partial charge on any atom is -0.456 e. The molecule has 14 aromatic rings. The van der Waals surface area contributed by atoms with E-state index in [-0.39, 0.29) is 0 Å². The van der Waals surface area contributed by atoms with Crippen LogP contribution in [0.2, 0.25) is 0 Å². The fraction of sp³-hybridized carbons (Fsp3) is 0. The van der Waals surface area contributed by atoms with E-state index >= 15 is 0 Å². The summed E-state index contributed by atoms with van der Waals surface area (Å²) in [7, 11) is 0. The maximum Gasteiger partial charge on any atom is 0.136 e. The molecule has 0 radical (unpaired) electrons. The van der Waals surface area contributed by atoms with Crippen LogP contribution in [0.3, 0.4) is 0 Å². The van der Waals surface area contributed by atoms with Crippen LogP contribution < -0.4 is 4.90 Å². The number of aromatic nitrogens is 1. The van der Waals surface area contributed by atoms with Gasteiger partial charge in [-0.15, -0.1) is 0 Å². The van der Waals surface area contributed by atoms with Gasteiger partial charge >= 0.3 is 0 Å². The molecule has 0 spiro atoms. The van der Waals surface area contributed by atoms with Gasteiger partial charge in [0.2, 0.25) is 0 Å². The molecule has 0 aliphatic carbocycles. The smallest absolute Gasteiger partial charge is 0.136 e.